The van der Waals surface area contributed by atoms with Crippen LogP contribution in [-0.2, 0) is 14.3 Å². The second kappa shape index (κ2) is 10.7. The van der Waals surface area contributed by atoms with E-state index in [0.717, 1.165) is 11.3 Å². The average molecular weight is 467 g/mol. The van der Waals surface area contributed by atoms with Gasteiger partial charge in [-0.1, -0.05) is 24.3 Å². The van der Waals surface area contributed by atoms with Crippen molar-refractivity contribution in [3.63, 3.8) is 0 Å². The summed E-state index contributed by atoms with van der Waals surface area (Å²) in [5, 5.41) is 11.3. The molecule has 0 bridgehead atoms. The Morgan fingerprint density at radius 1 is 1.03 bits per heavy atom. The highest BCUT2D eigenvalue weighted by Crippen LogP contribution is 2.40. The van der Waals surface area contributed by atoms with E-state index in [2.05, 4.69) is 0 Å². The van der Waals surface area contributed by atoms with Crippen molar-refractivity contribution in [2.24, 2.45) is 0 Å². The van der Waals surface area contributed by atoms with Crippen LogP contribution in [0.5, 0.6) is 5.75 Å². The lowest BCUT2D eigenvalue weighted by Gasteiger charge is -2.26. The molecule has 0 aromatic heterocycles. The number of hydrogen-bond acceptors (Lipinski definition) is 6. The van der Waals surface area contributed by atoms with Gasteiger partial charge in [0.15, 0.2) is 0 Å². The van der Waals surface area contributed by atoms with E-state index in [1.54, 1.807) is 24.3 Å². The minimum atomic E-state index is -0.721. The number of nitrogens with zero attached hydrogens (tertiary/aromatic N) is 2. The summed E-state index contributed by atoms with van der Waals surface area (Å²) in [7, 11) is 3.88. The van der Waals surface area contributed by atoms with Crippen molar-refractivity contribution in [3.05, 3.63) is 65.2 Å². The molecule has 3 rings (SSSR count). The molecule has 1 N–H and O–H groups in total. The molecule has 0 aliphatic carbocycles. The van der Waals surface area contributed by atoms with Crippen LogP contribution in [0.1, 0.15) is 44.9 Å². The highest BCUT2D eigenvalue weighted by molar-refractivity contribution is 6.46. The molecule has 2 aromatic carbocycles. The van der Waals surface area contributed by atoms with Crippen molar-refractivity contribution in [2.75, 3.05) is 32.1 Å². The average Bonchev–Trinajstić information content (AvgIpc) is 3.03. The van der Waals surface area contributed by atoms with Crippen LogP contribution in [0.15, 0.2) is 54.1 Å². The van der Waals surface area contributed by atoms with Gasteiger partial charge in [-0.05, 0) is 57.5 Å². The number of anilines is 1. The molecule has 1 amide bonds. The molecule has 1 fully saturated rings. The quantitative estimate of drug-likeness (QED) is 0.336. The molecule has 7 nitrogen and oxygen atoms in total. The summed E-state index contributed by atoms with van der Waals surface area (Å²) in [6.07, 6.45) is -0.0440. The van der Waals surface area contributed by atoms with Crippen LogP contribution < -0.4 is 9.64 Å². The van der Waals surface area contributed by atoms with E-state index in [0.29, 0.717) is 11.3 Å². The molecule has 1 atom stereocenters. The number of likely N-dealkylation sites (tertiary alicyclic amines) is 1. The number of hydrogen-bond donors (Lipinski definition) is 1. The third-order valence-corrected chi connectivity index (χ3v) is 5.53. The Morgan fingerprint density at radius 3 is 2.29 bits per heavy atom. The number of Topliss-reactive ketones (excluding diaryl/α,β-unsaturated/α-hetero) is 1. The molecule has 2 aromatic rings. The van der Waals surface area contributed by atoms with E-state index in [4.69, 9.17) is 9.47 Å². The Labute approximate surface area is 201 Å². The molecule has 1 aliphatic heterocycles. The molecule has 1 saturated heterocycles. The second-order valence-electron chi connectivity index (χ2n) is 9.09. The van der Waals surface area contributed by atoms with Crippen molar-refractivity contribution in [1.82, 2.24) is 4.90 Å². The fourth-order valence-corrected chi connectivity index (χ4v) is 3.94. The van der Waals surface area contributed by atoms with Gasteiger partial charge in [-0.15, -0.1) is 0 Å². The first-order valence-electron chi connectivity index (χ1n) is 11.5. The van der Waals surface area contributed by atoms with Gasteiger partial charge in [-0.25, -0.2) is 0 Å². The highest BCUT2D eigenvalue weighted by atomic mass is 16.5. The third-order valence-electron chi connectivity index (χ3n) is 5.53. The molecular weight excluding hydrogens is 432 g/mol. The zero-order valence-corrected chi connectivity index (χ0v) is 20.7. The standard InChI is InChI=1S/C27H34N2O5/c1-17(2)33-15-14-29-24(19-10-12-21(13-11-19)28(5)6)23(26(31)27(29)32)25(30)20-8-7-9-22(16-20)34-18(3)4/h7-13,16-18,24,30H,14-15H2,1-6H3/b25-23-. The summed E-state index contributed by atoms with van der Waals surface area (Å²) in [5.74, 6) is -1.00. The summed E-state index contributed by atoms with van der Waals surface area (Å²) >= 11 is 0. The highest BCUT2D eigenvalue weighted by Gasteiger charge is 2.46. The minimum absolute atomic E-state index is 0.00153. The first-order valence-corrected chi connectivity index (χ1v) is 11.5. The van der Waals surface area contributed by atoms with Gasteiger partial charge in [0.2, 0.25) is 0 Å². The molecule has 182 valence electrons. The summed E-state index contributed by atoms with van der Waals surface area (Å²) < 4.78 is 11.4. The number of rotatable bonds is 9. The Kier molecular flexibility index (Phi) is 7.99. The number of aliphatic hydroxyl groups excluding tert-OH is 1. The molecular formula is C27H34N2O5. The zero-order valence-electron chi connectivity index (χ0n) is 20.7. The van der Waals surface area contributed by atoms with Gasteiger partial charge < -0.3 is 24.4 Å². The van der Waals surface area contributed by atoms with Crippen LogP contribution >= 0.6 is 0 Å². The number of amides is 1. The summed E-state index contributed by atoms with van der Waals surface area (Å²) in [4.78, 5) is 29.7. The lowest BCUT2D eigenvalue weighted by atomic mass is 9.95. The lowest BCUT2D eigenvalue weighted by molar-refractivity contribution is -0.140. The molecule has 0 radical (unpaired) electrons. The van der Waals surface area contributed by atoms with Crippen LogP contribution in [0, 0.1) is 0 Å². The maximum Gasteiger partial charge on any atom is 0.295 e. The molecule has 0 spiro atoms. The number of ketones is 1. The summed E-state index contributed by atoms with van der Waals surface area (Å²) in [6, 6.07) is 13.8. The fourth-order valence-electron chi connectivity index (χ4n) is 3.94. The van der Waals surface area contributed by atoms with Crippen molar-refractivity contribution >= 4 is 23.1 Å². The zero-order chi connectivity index (χ0) is 25.0. The molecule has 0 saturated carbocycles. The van der Waals surface area contributed by atoms with Gasteiger partial charge in [0.1, 0.15) is 11.5 Å². The first-order chi connectivity index (χ1) is 16.1. The van der Waals surface area contributed by atoms with Crippen molar-refractivity contribution in [2.45, 2.75) is 45.9 Å². The van der Waals surface area contributed by atoms with Crippen molar-refractivity contribution < 1.29 is 24.2 Å². The van der Waals surface area contributed by atoms with Crippen molar-refractivity contribution in [3.8, 4) is 5.75 Å². The van der Waals surface area contributed by atoms with Crippen molar-refractivity contribution in [1.29, 1.82) is 0 Å². The van der Waals surface area contributed by atoms with Gasteiger partial charge in [0.25, 0.3) is 11.7 Å². The Bertz CT molecular complexity index is 1060. The topological polar surface area (TPSA) is 79.3 Å². The molecule has 1 heterocycles. The number of carbonyl (C=O) groups excluding carboxylic acids is 2. The van der Waals surface area contributed by atoms with E-state index in [-0.39, 0.29) is 36.7 Å². The van der Waals surface area contributed by atoms with E-state index < -0.39 is 17.7 Å². The van der Waals surface area contributed by atoms with Gasteiger partial charge in [0.05, 0.1) is 30.4 Å². The Hall–Kier alpha value is -3.32. The van der Waals surface area contributed by atoms with Crippen LogP contribution in [0.3, 0.4) is 0 Å². The van der Waals surface area contributed by atoms with Gasteiger partial charge in [-0.2, -0.15) is 0 Å². The smallest absolute Gasteiger partial charge is 0.295 e. The summed E-state index contributed by atoms with van der Waals surface area (Å²) in [5.41, 5.74) is 2.21. The number of aliphatic hydroxyl groups is 1. The number of carbonyl (C=O) groups is 2. The minimum Gasteiger partial charge on any atom is -0.507 e. The Morgan fingerprint density at radius 2 is 1.71 bits per heavy atom. The van der Waals surface area contributed by atoms with Crippen LogP contribution in [0.2, 0.25) is 0 Å². The normalized spacial score (nSPS) is 17.6. The van der Waals surface area contributed by atoms with E-state index in [1.165, 1.54) is 4.90 Å². The van der Waals surface area contributed by atoms with E-state index in [1.807, 2.05) is 71.0 Å². The molecule has 1 unspecified atom stereocenters. The molecule has 1 aliphatic rings. The van der Waals surface area contributed by atoms with Crippen LogP contribution in [0.25, 0.3) is 5.76 Å². The van der Waals surface area contributed by atoms with Crippen LogP contribution in [0.4, 0.5) is 5.69 Å². The maximum atomic E-state index is 13.2. The predicted molar refractivity (Wildman–Crippen MR) is 133 cm³/mol. The van der Waals surface area contributed by atoms with Gasteiger partial charge in [-0.3, -0.25) is 9.59 Å². The Balaban J connectivity index is 2.08. The largest absolute Gasteiger partial charge is 0.507 e. The first kappa shape index (κ1) is 25.3. The van der Waals surface area contributed by atoms with Gasteiger partial charge >= 0.3 is 0 Å². The molecule has 7 heteroatoms. The SMILES string of the molecule is CC(C)OCCN1C(=O)C(=O)/C(=C(\O)c2cccc(OC(C)C)c2)C1c1ccc(N(C)C)cc1. The number of benzene rings is 2. The predicted octanol–water partition coefficient (Wildman–Crippen LogP) is 4.39. The number of ether oxygens (including phenoxy) is 2. The third kappa shape index (κ3) is 5.59. The van der Waals surface area contributed by atoms with Gasteiger partial charge in [0, 0.05) is 31.9 Å². The second-order valence-corrected chi connectivity index (χ2v) is 9.09. The fraction of sp³-hybridized carbons (Fsp3) is 0.407. The monoisotopic (exact) mass is 466 g/mol. The summed E-state index contributed by atoms with van der Waals surface area (Å²) in [6.45, 7) is 8.17. The van der Waals surface area contributed by atoms with E-state index >= 15 is 0 Å². The van der Waals surface area contributed by atoms with Crippen LogP contribution in [-0.4, -0.2) is 61.2 Å². The maximum absolute atomic E-state index is 13.2. The van der Waals surface area contributed by atoms with E-state index in [9.17, 15) is 14.7 Å². The molecule has 34 heavy (non-hydrogen) atoms. The lowest BCUT2D eigenvalue weighted by Crippen LogP contribution is -2.33.